The number of pyridine rings is 1. The van der Waals surface area contributed by atoms with Crippen LogP contribution in [0.4, 0.5) is 0 Å². The van der Waals surface area contributed by atoms with Crippen LogP contribution in [0.2, 0.25) is 0 Å². The highest BCUT2D eigenvalue weighted by Gasteiger charge is 2.06. The molecule has 0 unspecified atom stereocenters. The van der Waals surface area contributed by atoms with E-state index in [9.17, 15) is 0 Å². The molecule has 0 aliphatic rings. The number of rotatable bonds is 5. The summed E-state index contributed by atoms with van der Waals surface area (Å²) in [6.07, 6.45) is 2.90. The second kappa shape index (κ2) is 6.59. The molecule has 2 rings (SSSR count). The Labute approximate surface area is 118 Å². The van der Waals surface area contributed by atoms with Gasteiger partial charge >= 0.3 is 0 Å². The fourth-order valence-corrected chi connectivity index (χ4v) is 2.31. The highest BCUT2D eigenvalue weighted by Crippen LogP contribution is 2.30. The lowest BCUT2D eigenvalue weighted by Gasteiger charge is -2.10. The Morgan fingerprint density at radius 1 is 1.26 bits per heavy atom. The first-order chi connectivity index (χ1) is 9.26. The number of para-hydroxylation sites is 1. The standard InChI is InChI=1S/C15H18N2OS/c1-3-12-8-11(10-16)9-15(17-12)18-13-6-4-5-7-14(13)19-2/h4-9H,3,10,16H2,1-2H3. The van der Waals surface area contributed by atoms with Gasteiger partial charge < -0.3 is 10.5 Å². The Morgan fingerprint density at radius 2 is 2.05 bits per heavy atom. The minimum absolute atomic E-state index is 0.496. The molecule has 0 amide bonds. The van der Waals surface area contributed by atoms with Gasteiger partial charge in [0.25, 0.3) is 0 Å². The van der Waals surface area contributed by atoms with Gasteiger partial charge in [0.2, 0.25) is 5.88 Å². The van der Waals surface area contributed by atoms with Crippen molar-refractivity contribution in [3.05, 3.63) is 47.7 Å². The fraction of sp³-hybridized carbons (Fsp3) is 0.267. The van der Waals surface area contributed by atoms with Gasteiger partial charge in [0.05, 0.1) is 0 Å². The second-order valence-corrected chi connectivity index (χ2v) is 4.96. The molecule has 2 aromatic rings. The van der Waals surface area contributed by atoms with Crippen molar-refractivity contribution in [1.29, 1.82) is 0 Å². The molecule has 1 heterocycles. The number of benzene rings is 1. The van der Waals surface area contributed by atoms with Crippen LogP contribution in [0, 0.1) is 0 Å². The lowest BCUT2D eigenvalue weighted by Crippen LogP contribution is -2.01. The molecule has 0 aliphatic heterocycles. The molecular formula is C15H18N2OS. The van der Waals surface area contributed by atoms with Crippen molar-refractivity contribution < 1.29 is 4.74 Å². The van der Waals surface area contributed by atoms with Crippen LogP contribution in [0.15, 0.2) is 41.3 Å². The van der Waals surface area contributed by atoms with Gasteiger partial charge in [-0.2, -0.15) is 0 Å². The Kier molecular flexibility index (Phi) is 4.82. The van der Waals surface area contributed by atoms with Crippen molar-refractivity contribution >= 4 is 11.8 Å². The summed E-state index contributed by atoms with van der Waals surface area (Å²) in [6.45, 7) is 2.57. The predicted molar refractivity (Wildman–Crippen MR) is 79.8 cm³/mol. The van der Waals surface area contributed by atoms with Gasteiger partial charge in [-0.3, -0.25) is 0 Å². The number of hydrogen-bond donors (Lipinski definition) is 1. The zero-order valence-corrected chi connectivity index (χ0v) is 12.0. The third kappa shape index (κ3) is 3.49. The lowest BCUT2D eigenvalue weighted by atomic mass is 10.2. The monoisotopic (exact) mass is 274 g/mol. The Hall–Kier alpha value is -1.52. The van der Waals surface area contributed by atoms with Gasteiger partial charge in [-0.15, -0.1) is 11.8 Å². The maximum atomic E-state index is 5.90. The molecule has 0 aliphatic carbocycles. The minimum atomic E-state index is 0.496. The van der Waals surface area contributed by atoms with E-state index in [2.05, 4.69) is 11.9 Å². The van der Waals surface area contributed by atoms with Crippen LogP contribution >= 0.6 is 11.8 Å². The van der Waals surface area contributed by atoms with Crippen molar-refractivity contribution in [3.63, 3.8) is 0 Å². The number of thioether (sulfide) groups is 1. The average molecular weight is 274 g/mol. The fourth-order valence-electron chi connectivity index (χ4n) is 1.79. The molecular weight excluding hydrogens is 256 g/mol. The Balaban J connectivity index is 2.32. The van der Waals surface area contributed by atoms with Crippen LogP contribution < -0.4 is 10.5 Å². The highest BCUT2D eigenvalue weighted by molar-refractivity contribution is 7.98. The first-order valence-corrected chi connectivity index (χ1v) is 7.50. The summed E-state index contributed by atoms with van der Waals surface area (Å²) in [7, 11) is 0. The van der Waals surface area contributed by atoms with E-state index in [1.54, 1.807) is 11.8 Å². The van der Waals surface area contributed by atoms with Crippen LogP contribution in [0.3, 0.4) is 0 Å². The van der Waals surface area contributed by atoms with Gasteiger partial charge in [0.1, 0.15) is 5.75 Å². The summed E-state index contributed by atoms with van der Waals surface area (Å²) in [4.78, 5) is 5.58. The van der Waals surface area contributed by atoms with Crippen LogP contribution in [-0.4, -0.2) is 11.2 Å². The number of hydrogen-bond acceptors (Lipinski definition) is 4. The normalized spacial score (nSPS) is 10.5. The number of aromatic nitrogens is 1. The molecule has 0 bridgehead atoms. The van der Waals surface area contributed by atoms with Crippen molar-refractivity contribution in [3.8, 4) is 11.6 Å². The van der Waals surface area contributed by atoms with E-state index in [1.165, 1.54) is 0 Å². The summed E-state index contributed by atoms with van der Waals surface area (Å²) in [5.74, 6) is 1.44. The largest absolute Gasteiger partial charge is 0.438 e. The van der Waals surface area contributed by atoms with E-state index in [1.807, 2.05) is 42.7 Å². The molecule has 100 valence electrons. The van der Waals surface area contributed by atoms with E-state index in [-0.39, 0.29) is 0 Å². The van der Waals surface area contributed by atoms with Crippen LogP contribution in [0.1, 0.15) is 18.2 Å². The van der Waals surface area contributed by atoms with E-state index in [4.69, 9.17) is 10.5 Å². The smallest absolute Gasteiger partial charge is 0.219 e. The van der Waals surface area contributed by atoms with E-state index in [0.717, 1.165) is 28.3 Å². The Bertz CT molecular complexity index is 535. The maximum absolute atomic E-state index is 5.90. The minimum Gasteiger partial charge on any atom is -0.438 e. The van der Waals surface area contributed by atoms with Crippen LogP contribution in [-0.2, 0) is 13.0 Å². The summed E-state index contributed by atoms with van der Waals surface area (Å²) in [5, 5.41) is 0. The van der Waals surface area contributed by atoms with Gasteiger partial charge in [0.15, 0.2) is 0 Å². The SMILES string of the molecule is CCc1cc(CN)cc(Oc2ccccc2SC)n1. The number of ether oxygens (including phenoxy) is 1. The lowest BCUT2D eigenvalue weighted by molar-refractivity contribution is 0.449. The summed E-state index contributed by atoms with van der Waals surface area (Å²) >= 11 is 1.66. The first kappa shape index (κ1) is 13.9. The van der Waals surface area contributed by atoms with Crippen molar-refractivity contribution in [2.45, 2.75) is 24.8 Å². The molecule has 0 atom stereocenters. The maximum Gasteiger partial charge on any atom is 0.219 e. The quantitative estimate of drug-likeness (QED) is 0.846. The first-order valence-electron chi connectivity index (χ1n) is 6.27. The topological polar surface area (TPSA) is 48.1 Å². The van der Waals surface area contributed by atoms with E-state index >= 15 is 0 Å². The molecule has 4 heteroatoms. The average Bonchev–Trinajstić information content (AvgIpc) is 2.47. The molecule has 19 heavy (non-hydrogen) atoms. The highest BCUT2D eigenvalue weighted by atomic mass is 32.2. The number of aryl methyl sites for hydroxylation is 1. The van der Waals surface area contributed by atoms with E-state index in [0.29, 0.717) is 12.4 Å². The van der Waals surface area contributed by atoms with Gasteiger partial charge in [0, 0.05) is 23.2 Å². The second-order valence-electron chi connectivity index (χ2n) is 4.12. The van der Waals surface area contributed by atoms with Crippen molar-refractivity contribution in [2.75, 3.05) is 6.26 Å². The molecule has 0 spiro atoms. The molecule has 0 fully saturated rings. The molecule has 0 saturated heterocycles. The zero-order chi connectivity index (χ0) is 13.7. The molecule has 3 nitrogen and oxygen atoms in total. The zero-order valence-electron chi connectivity index (χ0n) is 11.2. The number of nitrogens with zero attached hydrogens (tertiary/aromatic N) is 1. The third-order valence-electron chi connectivity index (χ3n) is 2.80. The van der Waals surface area contributed by atoms with E-state index < -0.39 is 0 Å². The van der Waals surface area contributed by atoms with Gasteiger partial charge in [-0.25, -0.2) is 4.98 Å². The molecule has 0 saturated carbocycles. The third-order valence-corrected chi connectivity index (χ3v) is 3.57. The van der Waals surface area contributed by atoms with Crippen molar-refractivity contribution in [2.24, 2.45) is 5.73 Å². The molecule has 1 aromatic carbocycles. The molecule has 2 N–H and O–H groups in total. The summed E-state index contributed by atoms with van der Waals surface area (Å²) in [6, 6.07) is 11.9. The summed E-state index contributed by atoms with van der Waals surface area (Å²) in [5.41, 5.74) is 7.75. The predicted octanol–water partition coefficient (Wildman–Crippen LogP) is 3.62. The van der Waals surface area contributed by atoms with Gasteiger partial charge in [-0.1, -0.05) is 19.1 Å². The van der Waals surface area contributed by atoms with Crippen molar-refractivity contribution in [1.82, 2.24) is 4.98 Å². The van der Waals surface area contributed by atoms with Crippen LogP contribution in [0.25, 0.3) is 0 Å². The number of nitrogens with two attached hydrogens (primary N) is 1. The van der Waals surface area contributed by atoms with Crippen LogP contribution in [0.5, 0.6) is 11.6 Å². The molecule has 0 radical (unpaired) electrons. The summed E-state index contributed by atoms with van der Waals surface area (Å²) < 4.78 is 5.90. The Morgan fingerprint density at radius 3 is 2.74 bits per heavy atom. The molecule has 1 aromatic heterocycles. The van der Waals surface area contributed by atoms with Gasteiger partial charge in [-0.05, 0) is 36.4 Å².